The van der Waals surface area contributed by atoms with Crippen LogP contribution in [0.15, 0.2) is 0 Å². The van der Waals surface area contributed by atoms with Gasteiger partial charge >= 0.3 is 0 Å². The lowest BCUT2D eigenvalue weighted by molar-refractivity contribution is 0.0737. The fourth-order valence-corrected chi connectivity index (χ4v) is 2.34. The minimum absolute atomic E-state index is 0.0331. The average molecular weight is 238 g/mol. The number of nitriles is 1. The van der Waals surface area contributed by atoms with Gasteiger partial charge in [0.05, 0.1) is 12.7 Å². The highest BCUT2D eigenvalue weighted by molar-refractivity contribution is 4.93. The van der Waals surface area contributed by atoms with Crippen LogP contribution in [0.1, 0.15) is 52.9 Å². The molecule has 1 N–H and O–H groups in total. The molecular formula is C14H26N2O. The first kappa shape index (κ1) is 14.5. The number of hydrogen-bond donors (Lipinski definition) is 1. The highest BCUT2D eigenvalue weighted by Crippen LogP contribution is 2.23. The number of ether oxygens (including phenoxy) is 1. The van der Waals surface area contributed by atoms with Gasteiger partial charge in [0, 0.05) is 12.1 Å². The van der Waals surface area contributed by atoms with Crippen molar-refractivity contribution < 1.29 is 4.74 Å². The van der Waals surface area contributed by atoms with Crippen LogP contribution < -0.4 is 5.32 Å². The van der Waals surface area contributed by atoms with Gasteiger partial charge in [0.25, 0.3) is 0 Å². The zero-order chi connectivity index (χ0) is 12.7. The van der Waals surface area contributed by atoms with Gasteiger partial charge in [-0.05, 0) is 39.5 Å². The van der Waals surface area contributed by atoms with Crippen molar-refractivity contribution in [1.29, 1.82) is 5.26 Å². The fraction of sp³-hybridized carbons (Fsp3) is 0.929. The molecule has 3 nitrogen and oxygen atoms in total. The molecular weight excluding hydrogens is 212 g/mol. The molecule has 0 bridgehead atoms. The van der Waals surface area contributed by atoms with E-state index >= 15 is 0 Å². The normalized spacial score (nSPS) is 19.9. The SMILES string of the molecule is CC(C)(C)NC(C#N)COCC1CCCCC1. The molecule has 0 aliphatic heterocycles. The van der Waals surface area contributed by atoms with Crippen molar-refractivity contribution in [3.63, 3.8) is 0 Å². The second kappa shape index (κ2) is 6.98. The Kier molecular flexibility index (Phi) is 5.94. The Morgan fingerprint density at radius 1 is 1.29 bits per heavy atom. The third-order valence-electron chi connectivity index (χ3n) is 3.13. The molecule has 0 amide bonds. The second-order valence-electron chi connectivity index (χ2n) is 6.12. The van der Waals surface area contributed by atoms with Crippen LogP contribution in [0, 0.1) is 17.2 Å². The van der Waals surface area contributed by atoms with Crippen molar-refractivity contribution in [1.82, 2.24) is 5.32 Å². The van der Waals surface area contributed by atoms with Crippen molar-refractivity contribution in [2.75, 3.05) is 13.2 Å². The predicted molar refractivity (Wildman–Crippen MR) is 69.7 cm³/mol. The van der Waals surface area contributed by atoms with E-state index in [1.807, 2.05) is 0 Å². The van der Waals surface area contributed by atoms with Gasteiger partial charge in [-0.1, -0.05) is 19.3 Å². The Hall–Kier alpha value is -0.590. The van der Waals surface area contributed by atoms with Crippen LogP contribution in [0.4, 0.5) is 0 Å². The van der Waals surface area contributed by atoms with Crippen molar-refractivity contribution in [3.8, 4) is 6.07 Å². The lowest BCUT2D eigenvalue weighted by Crippen LogP contribution is -2.45. The van der Waals surface area contributed by atoms with Crippen LogP contribution in [0.25, 0.3) is 0 Å². The Balaban J connectivity index is 2.17. The first-order valence-corrected chi connectivity index (χ1v) is 6.76. The van der Waals surface area contributed by atoms with E-state index < -0.39 is 0 Å². The topological polar surface area (TPSA) is 45.0 Å². The molecule has 0 heterocycles. The molecule has 3 heteroatoms. The van der Waals surface area contributed by atoms with E-state index in [0.717, 1.165) is 12.5 Å². The van der Waals surface area contributed by atoms with Crippen molar-refractivity contribution in [3.05, 3.63) is 0 Å². The van der Waals surface area contributed by atoms with Crippen LogP contribution in [0.5, 0.6) is 0 Å². The lowest BCUT2D eigenvalue weighted by atomic mass is 9.90. The molecule has 1 fully saturated rings. The summed E-state index contributed by atoms with van der Waals surface area (Å²) in [6, 6.07) is 2.06. The maximum absolute atomic E-state index is 9.03. The van der Waals surface area contributed by atoms with E-state index in [1.165, 1.54) is 32.1 Å². The smallest absolute Gasteiger partial charge is 0.119 e. The van der Waals surface area contributed by atoms with Crippen LogP contribution in [-0.4, -0.2) is 24.8 Å². The Labute approximate surface area is 106 Å². The van der Waals surface area contributed by atoms with E-state index in [0.29, 0.717) is 6.61 Å². The second-order valence-corrected chi connectivity index (χ2v) is 6.12. The maximum Gasteiger partial charge on any atom is 0.119 e. The summed E-state index contributed by atoms with van der Waals surface area (Å²) in [6.07, 6.45) is 6.66. The molecule has 17 heavy (non-hydrogen) atoms. The Morgan fingerprint density at radius 2 is 1.94 bits per heavy atom. The van der Waals surface area contributed by atoms with Gasteiger partial charge in [0.2, 0.25) is 0 Å². The summed E-state index contributed by atoms with van der Waals surface area (Å²) in [7, 11) is 0. The van der Waals surface area contributed by atoms with Crippen molar-refractivity contribution in [2.45, 2.75) is 64.5 Å². The van der Waals surface area contributed by atoms with Gasteiger partial charge in [-0.15, -0.1) is 0 Å². The van der Waals surface area contributed by atoms with Crippen LogP contribution in [-0.2, 0) is 4.74 Å². The molecule has 0 aromatic carbocycles. The Bertz CT molecular complexity index is 246. The summed E-state index contributed by atoms with van der Waals surface area (Å²) in [4.78, 5) is 0. The monoisotopic (exact) mass is 238 g/mol. The number of nitrogens with one attached hydrogen (secondary N) is 1. The molecule has 0 radical (unpaired) electrons. The minimum Gasteiger partial charge on any atom is -0.378 e. The predicted octanol–water partition coefficient (Wildman–Crippen LogP) is 2.86. The molecule has 1 aliphatic rings. The standard InChI is InChI=1S/C14H26N2O/c1-14(2,3)16-13(9-15)11-17-10-12-7-5-4-6-8-12/h12-13,16H,4-8,10-11H2,1-3H3. The fourth-order valence-electron chi connectivity index (χ4n) is 2.34. The minimum atomic E-state index is -0.196. The molecule has 0 aromatic rings. The van der Waals surface area contributed by atoms with Crippen LogP contribution in [0.2, 0.25) is 0 Å². The summed E-state index contributed by atoms with van der Waals surface area (Å²) in [5.74, 6) is 0.720. The maximum atomic E-state index is 9.03. The summed E-state index contributed by atoms with van der Waals surface area (Å²) in [5.41, 5.74) is -0.0331. The van der Waals surface area contributed by atoms with E-state index in [2.05, 4.69) is 32.2 Å². The van der Waals surface area contributed by atoms with Crippen LogP contribution in [0.3, 0.4) is 0 Å². The van der Waals surface area contributed by atoms with Gasteiger partial charge in [-0.2, -0.15) is 5.26 Å². The first-order valence-electron chi connectivity index (χ1n) is 6.76. The number of nitrogens with zero attached hydrogens (tertiary/aromatic N) is 1. The molecule has 1 aliphatic carbocycles. The largest absolute Gasteiger partial charge is 0.378 e. The van der Waals surface area contributed by atoms with Gasteiger partial charge in [0.1, 0.15) is 6.04 Å². The molecule has 1 saturated carbocycles. The molecule has 1 rings (SSSR count). The highest BCUT2D eigenvalue weighted by atomic mass is 16.5. The molecule has 0 aromatic heterocycles. The van der Waals surface area contributed by atoms with E-state index in [1.54, 1.807) is 0 Å². The van der Waals surface area contributed by atoms with E-state index in [-0.39, 0.29) is 11.6 Å². The summed E-state index contributed by atoms with van der Waals surface area (Å²) in [5, 5.41) is 12.3. The highest BCUT2D eigenvalue weighted by Gasteiger charge is 2.18. The molecule has 98 valence electrons. The number of hydrogen-bond acceptors (Lipinski definition) is 3. The van der Waals surface area contributed by atoms with E-state index in [9.17, 15) is 0 Å². The zero-order valence-corrected chi connectivity index (χ0v) is 11.5. The number of rotatable bonds is 5. The first-order chi connectivity index (χ1) is 8.01. The molecule has 0 saturated heterocycles. The average Bonchev–Trinajstić information content (AvgIpc) is 2.27. The summed E-state index contributed by atoms with van der Waals surface area (Å²) < 4.78 is 5.69. The third-order valence-corrected chi connectivity index (χ3v) is 3.13. The van der Waals surface area contributed by atoms with Gasteiger partial charge in [-0.25, -0.2) is 0 Å². The molecule has 1 atom stereocenters. The quantitative estimate of drug-likeness (QED) is 0.801. The summed E-state index contributed by atoms with van der Waals surface area (Å²) in [6.45, 7) is 7.53. The van der Waals surface area contributed by atoms with Crippen LogP contribution >= 0.6 is 0 Å². The van der Waals surface area contributed by atoms with Gasteiger partial charge < -0.3 is 4.74 Å². The van der Waals surface area contributed by atoms with E-state index in [4.69, 9.17) is 10.00 Å². The summed E-state index contributed by atoms with van der Waals surface area (Å²) >= 11 is 0. The Morgan fingerprint density at radius 3 is 2.47 bits per heavy atom. The lowest BCUT2D eigenvalue weighted by Gasteiger charge is -2.26. The molecule has 0 spiro atoms. The third kappa shape index (κ3) is 6.65. The van der Waals surface area contributed by atoms with Crippen molar-refractivity contribution >= 4 is 0 Å². The van der Waals surface area contributed by atoms with Crippen molar-refractivity contribution in [2.24, 2.45) is 5.92 Å². The molecule has 1 unspecified atom stereocenters. The van der Waals surface area contributed by atoms with Gasteiger partial charge in [-0.3, -0.25) is 5.32 Å². The zero-order valence-electron chi connectivity index (χ0n) is 11.5. The van der Waals surface area contributed by atoms with Gasteiger partial charge in [0.15, 0.2) is 0 Å².